The van der Waals surface area contributed by atoms with Crippen molar-refractivity contribution in [1.29, 1.82) is 0 Å². The lowest BCUT2D eigenvalue weighted by Crippen LogP contribution is -2.33. The van der Waals surface area contributed by atoms with E-state index in [1.807, 2.05) is 6.92 Å². The number of hydrogen-bond acceptors (Lipinski definition) is 6. The van der Waals surface area contributed by atoms with E-state index in [0.29, 0.717) is 5.56 Å². The third-order valence-electron chi connectivity index (χ3n) is 3.29. The van der Waals surface area contributed by atoms with E-state index < -0.39 is 12.1 Å². The van der Waals surface area contributed by atoms with Gasteiger partial charge in [0.15, 0.2) is 5.95 Å². The first-order chi connectivity index (χ1) is 8.04. The number of aromatic nitrogens is 2. The van der Waals surface area contributed by atoms with Gasteiger partial charge in [-0.25, -0.2) is 4.98 Å². The van der Waals surface area contributed by atoms with Crippen LogP contribution in [0.4, 0.5) is 5.95 Å². The van der Waals surface area contributed by atoms with Crippen molar-refractivity contribution in [2.75, 3.05) is 12.3 Å². The molecule has 0 saturated carbocycles. The van der Waals surface area contributed by atoms with Gasteiger partial charge in [-0.3, -0.25) is 9.78 Å². The SMILES string of the molecule is C[C@H]1[C@@H](O)[C@H](c2cnc(N)[nH]c2=O)N[C@@H]1CO. The van der Waals surface area contributed by atoms with Gasteiger partial charge in [-0.1, -0.05) is 6.92 Å². The van der Waals surface area contributed by atoms with Gasteiger partial charge in [-0.15, -0.1) is 0 Å². The highest BCUT2D eigenvalue weighted by Crippen LogP contribution is 2.29. The molecule has 0 radical (unpaired) electrons. The first kappa shape index (κ1) is 12.0. The van der Waals surface area contributed by atoms with Crippen LogP contribution in [0.2, 0.25) is 0 Å². The number of hydrogen-bond donors (Lipinski definition) is 5. The summed E-state index contributed by atoms with van der Waals surface area (Å²) in [7, 11) is 0. The Morgan fingerprint density at radius 1 is 1.59 bits per heavy atom. The van der Waals surface area contributed by atoms with Crippen LogP contribution in [0.25, 0.3) is 0 Å². The summed E-state index contributed by atoms with van der Waals surface area (Å²) in [6, 6.07) is -0.758. The fraction of sp³-hybridized carbons (Fsp3) is 0.600. The molecular weight excluding hydrogens is 224 g/mol. The van der Waals surface area contributed by atoms with E-state index in [9.17, 15) is 9.90 Å². The van der Waals surface area contributed by atoms with Gasteiger partial charge >= 0.3 is 0 Å². The highest BCUT2D eigenvalue weighted by Gasteiger charge is 2.40. The highest BCUT2D eigenvalue weighted by molar-refractivity contribution is 5.22. The van der Waals surface area contributed by atoms with Crippen molar-refractivity contribution < 1.29 is 10.2 Å². The lowest BCUT2D eigenvalue weighted by molar-refractivity contribution is 0.112. The van der Waals surface area contributed by atoms with Crippen LogP contribution in [-0.4, -0.2) is 38.9 Å². The zero-order valence-corrected chi connectivity index (χ0v) is 9.42. The van der Waals surface area contributed by atoms with Gasteiger partial charge in [0.05, 0.1) is 24.3 Å². The third kappa shape index (κ3) is 2.04. The summed E-state index contributed by atoms with van der Waals surface area (Å²) < 4.78 is 0. The van der Waals surface area contributed by atoms with Crippen LogP contribution in [0.1, 0.15) is 18.5 Å². The number of anilines is 1. The number of nitrogens with zero attached hydrogens (tertiary/aromatic N) is 1. The van der Waals surface area contributed by atoms with Crippen LogP contribution in [0.5, 0.6) is 0 Å². The normalized spacial score (nSPS) is 32.9. The first-order valence-electron chi connectivity index (χ1n) is 5.44. The van der Waals surface area contributed by atoms with Gasteiger partial charge in [0.25, 0.3) is 5.56 Å². The maximum absolute atomic E-state index is 11.7. The second-order valence-corrected chi connectivity index (χ2v) is 4.34. The van der Waals surface area contributed by atoms with Crippen LogP contribution in [-0.2, 0) is 0 Å². The van der Waals surface area contributed by atoms with Crippen LogP contribution < -0.4 is 16.6 Å². The molecule has 1 fully saturated rings. The van der Waals surface area contributed by atoms with Crippen molar-refractivity contribution in [3.05, 3.63) is 22.1 Å². The van der Waals surface area contributed by atoms with Crippen LogP contribution in [0, 0.1) is 5.92 Å². The van der Waals surface area contributed by atoms with Crippen molar-refractivity contribution in [2.45, 2.75) is 25.1 Å². The molecule has 1 aromatic heterocycles. The topological polar surface area (TPSA) is 124 Å². The first-order valence-corrected chi connectivity index (χ1v) is 5.44. The number of nitrogen functional groups attached to an aromatic ring is 1. The molecule has 1 aromatic rings. The van der Waals surface area contributed by atoms with Gasteiger partial charge < -0.3 is 21.3 Å². The third-order valence-corrected chi connectivity index (χ3v) is 3.29. The molecule has 4 atom stereocenters. The quantitative estimate of drug-likeness (QED) is 0.422. The lowest BCUT2D eigenvalue weighted by Gasteiger charge is -2.15. The maximum atomic E-state index is 11.7. The Hall–Kier alpha value is -1.44. The number of H-pyrrole nitrogens is 1. The molecule has 0 bridgehead atoms. The Bertz CT molecular complexity index is 461. The molecule has 0 amide bonds. The second-order valence-electron chi connectivity index (χ2n) is 4.34. The number of aromatic amines is 1. The van der Waals surface area contributed by atoms with Crippen molar-refractivity contribution in [3.63, 3.8) is 0 Å². The molecule has 7 nitrogen and oxygen atoms in total. The van der Waals surface area contributed by atoms with Crippen LogP contribution in [0.15, 0.2) is 11.0 Å². The molecule has 1 aliphatic heterocycles. The predicted octanol–water partition coefficient (Wildman–Crippen LogP) is -1.65. The van der Waals surface area contributed by atoms with Gasteiger partial charge in [0, 0.05) is 18.2 Å². The fourth-order valence-electron chi connectivity index (χ4n) is 2.16. The Kier molecular flexibility index (Phi) is 3.14. The minimum absolute atomic E-state index is 0.0398. The molecular formula is C10H16N4O3. The summed E-state index contributed by atoms with van der Waals surface area (Å²) >= 11 is 0. The molecule has 6 N–H and O–H groups in total. The van der Waals surface area contributed by atoms with E-state index in [-0.39, 0.29) is 30.1 Å². The van der Waals surface area contributed by atoms with E-state index in [1.54, 1.807) is 0 Å². The molecule has 0 aromatic carbocycles. The number of aliphatic hydroxyl groups excluding tert-OH is 2. The molecule has 0 aliphatic carbocycles. The summed E-state index contributed by atoms with van der Waals surface area (Å²) in [4.78, 5) is 17.9. The van der Waals surface area contributed by atoms with E-state index >= 15 is 0 Å². The molecule has 1 aliphatic rings. The zero-order chi connectivity index (χ0) is 12.6. The second kappa shape index (κ2) is 4.44. The smallest absolute Gasteiger partial charge is 0.257 e. The number of aliphatic hydroxyl groups is 2. The molecule has 94 valence electrons. The minimum Gasteiger partial charge on any atom is -0.395 e. The van der Waals surface area contributed by atoms with Crippen molar-refractivity contribution in [1.82, 2.24) is 15.3 Å². The maximum Gasteiger partial charge on any atom is 0.257 e. The monoisotopic (exact) mass is 240 g/mol. The standard InChI is InChI=1S/C10H16N4O3/c1-4-6(3-15)13-7(8(4)16)5-2-12-10(11)14-9(5)17/h2,4,6-8,13,15-16H,3H2,1H3,(H3,11,12,14,17)/t4-,6-,7+,8-/m1/s1. The summed E-state index contributed by atoms with van der Waals surface area (Å²) in [5.41, 5.74) is 5.31. The van der Waals surface area contributed by atoms with Crippen LogP contribution in [0.3, 0.4) is 0 Å². The van der Waals surface area contributed by atoms with Crippen LogP contribution >= 0.6 is 0 Å². The largest absolute Gasteiger partial charge is 0.395 e. The molecule has 0 spiro atoms. The van der Waals surface area contributed by atoms with E-state index in [2.05, 4.69) is 15.3 Å². The molecule has 7 heteroatoms. The van der Waals surface area contributed by atoms with Crippen molar-refractivity contribution in [3.8, 4) is 0 Å². The van der Waals surface area contributed by atoms with Gasteiger partial charge in [-0.2, -0.15) is 0 Å². The average Bonchev–Trinajstić information content (AvgIpc) is 2.57. The summed E-state index contributed by atoms with van der Waals surface area (Å²) in [5.74, 6) is -0.0973. The van der Waals surface area contributed by atoms with Gasteiger partial charge in [0.2, 0.25) is 0 Å². The average molecular weight is 240 g/mol. The Labute approximate surface area is 97.7 Å². The molecule has 17 heavy (non-hydrogen) atoms. The Balaban J connectivity index is 2.32. The Morgan fingerprint density at radius 3 is 2.82 bits per heavy atom. The molecule has 1 saturated heterocycles. The minimum atomic E-state index is -0.737. The molecule has 0 unspecified atom stereocenters. The van der Waals surface area contributed by atoms with Gasteiger partial charge in [0.1, 0.15) is 0 Å². The summed E-state index contributed by atoms with van der Waals surface area (Å²) in [6.45, 7) is 1.73. The van der Waals surface area contributed by atoms with E-state index in [4.69, 9.17) is 10.8 Å². The van der Waals surface area contributed by atoms with Crippen molar-refractivity contribution in [2.24, 2.45) is 5.92 Å². The van der Waals surface area contributed by atoms with E-state index in [1.165, 1.54) is 6.20 Å². The summed E-state index contributed by atoms with van der Waals surface area (Å²) in [5, 5.41) is 22.2. The number of nitrogens with one attached hydrogen (secondary N) is 2. The number of rotatable bonds is 2. The zero-order valence-electron chi connectivity index (χ0n) is 9.42. The van der Waals surface area contributed by atoms with Gasteiger partial charge in [-0.05, 0) is 0 Å². The highest BCUT2D eigenvalue weighted by atomic mass is 16.3. The fourth-order valence-corrected chi connectivity index (χ4v) is 2.16. The number of nitrogens with two attached hydrogens (primary N) is 1. The van der Waals surface area contributed by atoms with Crippen molar-refractivity contribution >= 4 is 5.95 Å². The molecule has 2 rings (SSSR count). The lowest BCUT2D eigenvalue weighted by atomic mass is 9.96. The van der Waals surface area contributed by atoms with E-state index in [0.717, 1.165) is 0 Å². The Morgan fingerprint density at radius 2 is 2.29 bits per heavy atom. The predicted molar refractivity (Wildman–Crippen MR) is 61.2 cm³/mol. The summed E-state index contributed by atoms with van der Waals surface area (Å²) in [6.07, 6.45) is 0.611. The molecule has 2 heterocycles.